The zero-order valence-corrected chi connectivity index (χ0v) is 14.0. The fraction of sp³-hybridized carbons (Fsp3) is 0.118. The fourth-order valence-electron chi connectivity index (χ4n) is 2.47. The SMILES string of the molecule is COc1cc2ncc(F)c(N(O)c3ccc(Cl)cc3F)c2cc1OC. The highest BCUT2D eigenvalue weighted by Gasteiger charge is 2.21. The number of hydrogen-bond acceptors (Lipinski definition) is 5. The van der Waals surface area contributed by atoms with Gasteiger partial charge in [0.05, 0.1) is 25.9 Å². The maximum Gasteiger partial charge on any atom is 0.168 e. The molecule has 1 aromatic heterocycles. The van der Waals surface area contributed by atoms with Crippen LogP contribution in [0, 0.1) is 11.6 Å². The van der Waals surface area contributed by atoms with E-state index in [2.05, 4.69) is 4.98 Å². The van der Waals surface area contributed by atoms with Gasteiger partial charge in [0, 0.05) is 16.5 Å². The van der Waals surface area contributed by atoms with Crippen LogP contribution in [0.3, 0.4) is 0 Å². The molecule has 2 aromatic carbocycles. The molecule has 3 rings (SSSR count). The summed E-state index contributed by atoms with van der Waals surface area (Å²) in [5.41, 5.74) is -0.194. The van der Waals surface area contributed by atoms with Crippen LogP contribution in [0.1, 0.15) is 0 Å². The first-order valence-electron chi connectivity index (χ1n) is 7.10. The van der Waals surface area contributed by atoms with Crippen molar-refractivity contribution in [1.82, 2.24) is 4.98 Å². The molecule has 1 heterocycles. The van der Waals surface area contributed by atoms with Crippen molar-refractivity contribution >= 4 is 33.9 Å². The molecule has 0 amide bonds. The lowest BCUT2D eigenvalue weighted by Crippen LogP contribution is -2.15. The van der Waals surface area contributed by atoms with Gasteiger partial charge in [-0.1, -0.05) is 11.6 Å². The second-order valence-corrected chi connectivity index (χ2v) is 5.52. The molecule has 0 saturated heterocycles. The van der Waals surface area contributed by atoms with Crippen LogP contribution < -0.4 is 14.5 Å². The van der Waals surface area contributed by atoms with Crippen LogP contribution >= 0.6 is 11.6 Å². The van der Waals surface area contributed by atoms with Gasteiger partial charge in [-0.3, -0.25) is 10.2 Å². The van der Waals surface area contributed by atoms with Crippen molar-refractivity contribution in [2.75, 3.05) is 19.3 Å². The number of hydrogen-bond donors (Lipinski definition) is 1. The highest BCUT2D eigenvalue weighted by atomic mass is 35.5. The van der Waals surface area contributed by atoms with Gasteiger partial charge < -0.3 is 9.47 Å². The van der Waals surface area contributed by atoms with Gasteiger partial charge in [-0.05, 0) is 24.3 Å². The molecule has 130 valence electrons. The molecule has 0 saturated carbocycles. The Labute approximate surface area is 146 Å². The smallest absolute Gasteiger partial charge is 0.168 e. The van der Waals surface area contributed by atoms with Gasteiger partial charge >= 0.3 is 0 Å². The molecular formula is C17H13ClF2N2O3. The van der Waals surface area contributed by atoms with Crippen LogP contribution in [0.4, 0.5) is 20.2 Å². The van der Waals surface area contributed by atoms with E-state index in [-0.39, 0.29) is 21.8 Å². The molecule has 0 unspecified atom stereocenters. The van der Waals surface area contributed by atoms with E-state index < -0.39 is 11.6 Å². The van der Waals surface area contributed by atoms with Crippen molar-refractivity contribution in [3.05, 3.63) is 53.2 Å². The van der Waals surface area contributed by atoms with Crippen molar-refractivity contribution in [2.24, 2.45) is 0 Å². The number of halogens is 3. The predicted molar refractivity (Wildman–Crippen MR) is 90.1 cm³/mol. The van der Waals surface area contributed by atoms with E-state index in [0.717, 1.165) is 12.3 Å². The summed E-state index contributed by atoms with van der Waals surface area (Å²) in [6, 6.07) is 6.63. The van der Waals surface area contributed by atoms with E-state index in [0.29, 0.717) is 22.1 Å². The fourth-order valence-corrected chi connectivity index (χ4v) is 2.63. The minimum absolute atomic E-state index is 0.154. The van der Waals surface area contributed by atoms with Gasteiger partial charge in [0.25, 0.3) is 0 Å². The molecule has 0 aliphatic rings. The average Bonchev–Trinajstić information content (AvgIpc) is 2.60. The predicted octanol–water partition coefficient (Wildman–Crippen LogP) is 4.71. The summed E-state index contributed by atoms with van der Waals surface area (Å²) in [6.07, 6.45) is 0.931. The van der Waals surface area contributed by atoms with Gasteiger partial charge in [0.1, 0.15) is 11.4 Å². The standard InChI is InChI=1S/C17H13ClF2N2O3/c1-24-15-6-10-13(7-16(15)25-2)21-8-12(20)17(10)22(23)14-4-3-9(18)5-11(14)19/h3-8,23H,1-2H3. The summed E-state index contributed by atoms with van der Waals surface area (Å²) < 4.78 is 38.9. The van der Waals surface area contributed by atoms with Gasteiger partial charge in [-0.25, -0.2) is 13.8 Å². The number of aromatic nitrogens is 1. The zero-order chi connectivity index (χ0) is 18.1. The molecule has 0 aliphatic heterocycles. The number of methoxy groups -OCH3 is 2. The Balaban J connectivity index is 2.25. The Morgan fingerprint density at radius 2 is 1.72 bits per heavy atom. The van der Waals surface area contributed by atoms with Gasteiger partial charge in [-0.2, -0.15) is 0 Å². The van der Waals surface area contributed by atoms with Crippen molar-refractivity contribution in [1.29, 1.82) is 0 Å². The first-order valence-corrected chi connectivity index (χ1v) is 7.48. The summed E-state index contributed by atoms with van der Waals surface area (Å²) in [7, 11) is 2.88. The quantitative estimate of drug-likeness (QED) is 0.678. The minimum Gasteiger partial charge on any atom is -0.493 e. The third-order valence-electron chi connectivity index (χ3n) is 3.65. The monoisotopic (exact) mass is 366 g/mol. The number of benzene rings is 2. The van der Waals surface area contributed by atoms with E-state index in [9.17, 15) is 14.0 Å². The van der Waals surface area contributed by atoms with E-state index in [1.54, 1.807) is 0 Å². The molecular weight excluding hydrogens is 354 g/mol. The molecule has 3 aromatic rings. The number of rotatable bonds is 4. The van der Waals surface area contributed by atoms with E-state index in [4.69, 9.17) is 21.1 Å². The Hall–Kier alpha value is -2.64. The van der Waals surface area contributed by atoms with Crippen LogP contribution in [0.25, 0.3) is 10.9 Å². The molecule has 8 heteroatoms. The third kappa shape index (κ3) is 3.04. The summed E-state index contributed by atoms with van der Waals surface area (Å²) in [5.74, 6) is -0.938. The van der Waals surface area contributed by atoms with Crippen molar-refractivity contribution in [3.63, 3.8) is 0 Å². The lowest BCUT2D eigenvalue weighted by atomic mass is 10.1. The third-order valence-corrected chi connectivity index (χ3v) is 3.89. The summed E-state index contributed by atoms with van der Waals surface area (Å²) in [5, 5.41) is 11.2. The molecule has 0 aliphatic carbocycles. The molecule has 0 spiro atoms. The lowest BCUT2D eigenvalue weighted by Gasteiger charge is -2.20. The second kappa shape index (κ2) is 6.70. The van der Waals surface area contributed by atoms with Gasteiger partial charge in [-0.15, -0.1) is 0 Å². The van der Waals surface area contributed by atoms with Gasteiger partial charge in [0.15, 0.2) is 23.1 Å². The Morgan fingerprint density at radius 3 is 2.36 bits per heavy atom. The lowest BCUT2D eigenvalue weighted by molar-refractivity contribution is 0.293. The Kier molecular flexibility index (Phi) is 4.61. The number of anilines is 2. The molecule has 0 bridgehead atoms. The Morgan fingerprint density at radius 1 is 1.04 bits per heavy atom. The maximum atomic E-state index is 14.4. The van der Waals surface area contributed by atoms with E-state index in [1.165, 1.54) is 38.5 Å². The molecule has 25 heavy (non-hydrogen) atoms. The van der Waals surface area contributed by atoms with Crippen molar-refractivity contribution in [2.45, 2.75) is 0 Å². The topological polar surface area (TPSA) is 54.8 Å². The van der Waals surface area contributed by atoms with Crippen LogP contribution in [0.15, 0.2) is 36.5 Å². The number of pyridine rings is 1. The van der Waals surface area contributed by atoms with Crippen molar-refractivity contribution in [3.8, 4) is 11.5 Å². The molecule has 0 radical (unpaired) electrons. The molecule has 1 N–H and O–H groups in total. The first kappa shape index (κ1) is 17.2. The summed E-state index contributed by atoms with van der Waals surface area (Å²) in [4.78, 5) is 3.97. The molecule has 0 fully saturated rings. The highest BCUT2D eigenvalue weighted by Crippen LogP contribution is 2.39. The largest absolute Gasteiger partial charge is 0.493 e. The van der Waals surface area contributed by atoms with E-state index >= 15 is 0 Å². The van der Waals surface area contributed by atoms with Crippen LogP contribution in [0.2, 0.25) is 5.02 Å². The molecule has 0 atom stereocenters. The minimum atomic E-state index is -0.837. The highest BCUT2D eigenvalue weighted by molar-refractivity contribution is 6.30. The van der Waals surface area contributed by atoms with Crippen LogP contribution in [-0.2, 0) is 0 Å². The first-order chi connectivity index (χ1) is 12.0. The number of ether oxygens (including phenoxy) is 2. The normalized spacial score (nSPS) is 10.8. The van der Waals surface area contributed by atoms with Gasteiger partial charge in [0.2, 0.25) is 0 Å². The van der Waals surface area contributed by atoms with Crippen molar-refractivity contribution < 1.29 is 23.5 Å². The second-order valence-electron chi connectivity index (χ2n) is 5.09. The number of nitrogens with zero attached hydrogens (tertiary/aromatic N) is 2. The average molecular weight is 367 g/mol. The Bertz CT molecular complexity index is 953. The number of fused-ring (bicyclic) bond motifs is 1. The van der Waals surface area contributed by atoms with Crippen LogP contribution in [-0.4, -0.2) is 24.4 Å². The summed E-state index contributed by atoms with van der Waals surface area (Å²) in [6.45, 7) is 0. The zero-order valence-electron chi connectivity index (χ0n) is 13.3. The van der Waals surface area contributed by atoms with Crippen LogP contribution in [0.5, 0.6) is 11.5 Å². The molecule has 5 nitrogen and oxygen atoms in total. The summed E-state index contributed by atoms with van der Waals surface area (Å²) >= 11 is 5.71. The van der Waals surface area contributed by atoms with E-state index in [1.807, 2.05) is 0 Å². The maximum absolute atomic E-state index is 14.4.